The quantitative estimate of drug-likeness (QED) is 0.670. The van der Waals surface area contributed by atoms with Gasteiger partial charge in [0.05, 0.1) is 5.56 Å². The normalized spacial score (nSPS) is 18.7. The number of rotatable bonds is 1. The fourth-order valence-corrected chi connectivity index (χ4v) is 1.49. The molecule has 0 N–H and O–H groups in total. The van der Waals surface area contributed by atoms with Gasteiger partial charge in [-0.25, -0.2) is 0 Å². The van der Waals surface area contributed by atoms with E-state index in [-0.39, 0.29) is 5.78 Å². The monoisotopic (exact) mass is 226 g/mol. The average Bonchev–Trinajstić information content (AvgIpc) is 2.23. The molecule has 2 rings (SSSR count). The Balaban J connectivity index is 2.20. The van der Waals surface area contributed by atoms with E-state index in [0.717, 1.165) is 18.6 Å². The van der Waals surface area contributed by atoms with Crippen molar-refractivity contribution < 1.29 is 18.0 Å². The largest absolute Gasteiger partial charge is 0.416 e. The zero-order chi connectivity index (χ0) is 11.8. The number of carbonyl (C=O) groups is 1. The Kier molecular flexibility index (Phi) is 2.58. The van der Waals surface area contributed by atoms with Gasteiger partial charge in [0.15, 0.2) is 5.78 Å². The summed E-state index contributed by atoms with van der Waals surface area (Å²) in [7, 11) is 0. The summed E-state index contributed by atoms with van der Waals surface area (Å²) in [5.74, 6) is 0.0832. The lowest BCUT2D eigenvalue weighted by Gasteiger charge is -2.14. The van der Waals surface area contributed by atoms with E-state index < -0.39 is 11.7 Å². The van der Waals surface area contributed by atoms with Crippen molar-refractivity contribution in [1.82, 2.24) is 0 Å². The van der Waals surface area contributed by atoms with Crippen molar-refractivity contribution in [2.24, 2.45) is 0 Å². The summed E-state index contributed by atoms with van der Waals surface area (Å²) in [6.45, 7) is 0. The van der Waals surface area contributed by atoms with Crippen LogP contribution in [0.3, 0.4) is 0 Å². The SMILES string of the molecule is O=C1CC/C1=C\c1ccc(C(F)(F)F)cc1. The maximum absolute atomic E-state index is 12.3. The Morgan fingerprint density at radius 2 is 1.69 bits per heavy atom. The Hall–Kier alpha value is -1.58. The number of ketones is 1. The van der Waals surface area contributed by atoms with Crippen molar-refractivity contribution in [3.05, 3.63) is 41.0 Å². The predicted octanol–water partition coefficient (Wildman–Crippen LogP) is 3.45. The van der Waals surface area contributed by atoms with E-state index >= 15 is 0 Å². The second-order valence-corrected chi connectivity index (χ2v) is 3.71. The molecule has 0 spiro atoms. The van der Waals surface area contributed by atoms with Gasteiger partial charge in [0.1, 0.15) is 0 Å². The highest BCUT2D eigenvalue weighted by molar-refractivity contribution is 6.05. The highest BCUT2D eigenvalue weighted by Gasteiger charge is 2.29. The van der Waals surface area contributed by atoms with Crippen LogP contribution in [0.1, 0.15) is 24.0 Å². The lowest BCUT2D eigenvalue weighted by molar-refractivity contribution is -0.137. The Bertz CT molecular complexity index is 440. The molecule has 0 aromatic heterocycles. The number of hydrogen-bond acceptors (Lipinski definition) is 1. The number of alkyl halides is 3. The lowest BCUT2D eigenvalue weighted by Crippen LogP contribution is -2.13. The molecule has 1 aromatic carbocycles. The molecule has 4 heteroatoms. The van der Waals surface area contributed by atoms with Crippen molar-refractivity contribution >= 4 is 11.9 Å². The summed E-state index contributed by atoms with van der Waals surface area (Å²) in [6.07, 6.45) is -1.39. The molecule has 0 radical (unpaired) electrons. The first-order valence-corrected chi connectivity index (χ1v) is 4.88. The lowest BCUT2D eigenvalue weighted by atomic mass is 9.89. The first kappa shape index (κ1) is 10.9. The van der Waals surface area contributed by atoms with Crippen LogP contribution in [0.15, 0.2) is 29.8 Å². The van der Waals surface area contributed by atoms with Crippen LogP contribution in [0, 0.1) is 0 Å². The molecule has 0 bridgehead atoms. The molecule has 0 heterocycles. The van der Waals surface area contributed by atoms with E-state index in [4.69, 9.17) is 0 Å². The maximum atomic E-state index is 12.3. The van der Waals surface area contributed by atoms with Crippen LogP contribution in [0.2, 0.25) is 0 Å². The van der Waals surface area contributed by atoms with Gasteiger partial charge >= 0.3 is 6.18 Å². The number of allylic oxidation sites excluding steroid dienone is 1. The first-order chi connectivity index (χ1) is 7.47. The molecular weight excluding hydrogens is 217 g/mol. The third kappa shape index (κ3) is 2.15. The first-order valence-electron chi connectivity index (χ1n) is 4.88. The molecular formula is C12H9F3O. The standard InChI is InChI=1S/C12H9F3O/c13-12(14,15)10-4-1-8(2-5-10)7-9-3-6-11(9)16/h1-2,4-5,7H,3,6H2/b9-7+. The van der Waals surface area contributed by atoms with Crippen LogP contribution in [0.4, 0.5) is 13.2 Å². The summed E-state index contributed by atoms with van der Waals surface area (Å²) < 4.78 is 36.8. The molecule has 0 saturated heterocycles. The molecule has 0 amide bonds. The van der Waals surface area contributed by atoms with Gasteiger partial charge in [-0.15, -0.1) is 0 Å². The molecule has 0 unspecified atom stereocenters. The van der Waals surface area contributed by atoms with Crippen LogP contribution in [-0.4, -0.2) is 5.78 Å². The van der Waals surface area contributed by atoms with Gasteiger partial charge in [0.25, 0.3) is 0 Å². The van der Waals surface area contributed by atoms with E-state index in [9.17, 15) is 18.0 Å². The van der Waals surface area contributed by atoms with Gasteiger partial charge in [-0.3, -0.25) is 4.79 Å². The van der Waals surface area contributed by atoms with E-state index in [1.807, 2.05) is 0 Å². The topological polar surface area (TPSA) is 17.1 Å². The van der Waals surface area contributed by atoms with Crippen molar-refractivity contribution in [2.45, 2.75) is 19.0 Å². The molecule has 84 valence electrons. The maximum Gasteiger partial charge on any atom is 0.416 e. The molecule has 1 aromatic rings. The van der Waals surface area contributed by atoms with Crippen molar-refractivity contribution in [2.75, 3.05) is 0 Å². The van der Waals surface area contributed by atoms with Crippen LogP contribution in [0.5, 0.6) is 0 Å². The molecule has 1 nitrogen and oxygen atoms in total. The molecule has 1 saturated carbocycles. The van der Waals surface area contributed by atoms with Gasteiger partial charge in [-0.1, -0.05) is 12.1 Å². The second-order valence-electron chi connectivity index (χ2n) is 3.71. The minimum atomic E-state index is -4.31. The number of benzene rings is 1. The highest BCUT2D eigenvalue weighted by Crippen LogP contribution is 2.30. The molecule has 1 aliphatic rings. The fourth-order valence-electron chi connectivity index (χ4n) is 1.49. The van der Waals surface area contributed by atoms with Gasteiger partial charge < -0.3 is 0 Å². The van der Waals surface area contributed by atoms with Crippen LogP contribution >= 0.6 is 0 Å². The van der Waals surface area contributed by atoms with Gasteiger partial charge in [0.2, 0.25) is 0 Å². The van der Waals surface area contributed by atoms with Crippen molar-refractivity contribution in [3.63, 3.8) is 0 Å². The second kappa shape index (κ2) is 3.77. The third-order valence-electron chi connectivity index (χ3n) is 2.56. The van der Waals surface area contributed by atoms with Crippen LogP contribution in [-0.2, 0) is 11.0 Å². The number of halogens is 3. The predicted molar refractivity (Wildman–Crippen MR) is 53.7 cm³/mol. The molecule has 0 atom stereocenters. The smallest absolute Gasteiger partial charge is 0.295 e. The minimum absolute atomic E-state index is 0.0832. The van der Waals surface area contributed by atoms with Crippen LogP contribution < -0.4 is 0 Å². The summed E-state index contributed by atoms with van der Waals surface area (Å²) in [4.78, 5) is 11.0. The third-order valence-corrected chi connectivity index (χ3v) is 2.56. The number of hydrogen-bond donors (Lipinski definition) is 0. The van der Waals surface area contributed by atoms with E-state index in [2.05, 4.69) is 0 Å². The highest BCUT2D eigenvalue weighted by atomic mass is 19.4. The molecule has 16 heavy (non-hydrogen) atoms. The minimum Gasteiger partial charge on any atom is -0.295 e. The molecule has 1 fully saturated rings. The van der Waals surface area contributed by atoms with Crippen molar-refractivity contribution in [1.29, 1.82) is 0 Å². The summed E-state index contributed by atoms with van der Waals surface area (Å²) in [5.41, 5.74) is 0.658. The molecule has 1 aliphatic carbocycles. The molecule has 0 aliphatic heterocycles. The van der Waals surface area contributed by atoms with E-state index in [1.165, 1.54) is 12.1 Å². The van der Waals surface area contributed by atoms with E-state index in [1.54, 1.807) is 6.08 Å². The zero-order valence-electron chi connectivity index (χ0n) is 8.34. The van der Waals surface area contributed by atoms with Gasteiger partial charge in [0, 0.05) is 6.42 Å². The Morgan fingerprint density at radius 3 is 2.06 bits per heavy atom. The van der Waals surface area contributed by atoms with Gasteiger partial charge in [-0.2, -0.15) is 13.2 Å². The van der Waals surface area contributed by atoms with Gasteiger partial charge in [-0.05, 0) is 35.8 Å². The van der Waals surface area contributed by atoms with E-state index in [0.29, 0.717) is 17.6 Å². The average molecular weight is 226 g/mol. The fraction of sp³-hybridized carbons (Fsp3) is 0.250. The zero-order valence-corrected chi connectivity index (χ0v) is 8.34. The number of carbonyl (C=O) groups excluding carboxylic acids is 1. The Morgan fingerprint density at radius 1 is 1.06 bits per heavy atom. The number of Topliss-reactive ketones (excluding diaryl/α,β-unsaturated/α-hetero) is 1. The Labute approximate surface area is 90.6 Å². The summed E-state index contributed by atoms with van der Waals surface area (Å²) >= 11 is 0. The van der Waals surface area contributed by atoms with Crippen molar-refractivity contribution in [3.8, 4) is 0 Å². The summed E-state index contributed by atoms with van der Waals surface area (Å²) in [6, 6.07) is 4.80. The summed E-state index contributed by atoms with van der Waals surface area (Å²) in [5, 5.41) is 0. The van der Waals surface area contributed by atoms with Crippen LogP contribution in [0.25, 0.3) is 6.08 Å².